The van der Waals surface area contributed by atoms with Gasteiger partial charge < -0.3 is 5.11 Å². The van der Waals surface area contributed by atoms with Crippen molar-refractivity contribution in [2.24, 2.45) is 0 Å². The molecule has 0 radical (unpaired) electrons. The quantitative estimate of drug-likeness (QED) is 0.654. The van der Waals surface area contributed by atoms with Gasteiger partial charge >= 0.3 is 12.1 Å². The largest absolute Gasteiger partial charge is 0.478 e. The number of aromatic carboxylic acids is 1. The molecule has 8 heteroatoms. The van der Waals surface area contributed by atoms with Crippen LogP contribution in [0.1, 0.15) is 15.9 Å². The zero-order chi connectivity index (χ0) is 16.7. The van der Waals surface area contributed by atoms with Gasteiger partial charge in [0.25, 0.3) is 0 Å². The molecule has 2 aromatic carbocycles. The Morgan fingerprint density at radius 1 is 0.864 bits per heavy atom. The topological polar surface area (TPSA) is 37.3 Å². The van der Waals surface area contributed by atoms with E-state index in [2.05, 4.69) is 0 Å². The zero-order valence-corrected chi connectivity index (χ0v) is 10.5. The van der Waals surface area contributed by atoms with Gasteiger partial charge in [0.05, 0.1) is 11.1 Å². The molecular weight excluding hydrogens is 314 g/mol. The van der Waals surface area contributed by atoms with Crippen LogP contribution >= 0.6 is 0 Å². The highest BCUT2D eigenvalue weighted by Gasteiger charge is 2.32. The second-order valence-corrected chi connectivity index (χ2v) is 4.31. The summed E-state index contributed by atoms with van der Waals surface area (Å²) in [6.07, 6.45) is -4.80. The Morgan fingerprint density at radius 2 is 1.45 bits per heavy atom. The van der Waals surface area contributed by atoms with E-state index in [9.17, 15) is 31.1 Å². The van der Waals surface area contributed by atoms with E-state index in [4.69, 9.17) is 5.11 Å². The van der Waals surface area contributed by atoms with Crippen LogP contribution in [-0.4, -0.2) is 11.1 Å². The van der Waals surface area contributed by atoms with Gasteiger partial charge in [-0.05, 0) is 23.8 Å². The van der Waals surface area contributed by atoms with Crippen molar-refractivity contribution < 1.29 is 36.2 Å². The third-order valence-corrected chi connectivity index (χ3v) is 2.88. The zero-order valence-electron chi connectivity index (χ0n) is 10.5. The third-order valence-electron chi connectivity index (χ3n) is 2.88. The number of alkyl halides is 3. The first-order valence-corrected chi connectivity index (χ1v) is 5.70. The molecule has 0 aliphatic heterocycles. The van der Waals surface area contributed by atoms with Gasteiger partial charge in [0.15, 0.2) is 11.6 Å². The van der Waals surface area contributed by atoms with Gasteiger partial charge in [-0.2, -0.15) is 13.2 Å². The molecule has 2 aromatic rings. The van der Waals surface area contributed by atoms with Gasteiger partial charge in [-0.25, -0.2) is 18.0 Å². The molecule has 0 spiro atoms. The molecule has 0 bridgehead atoms. The molecule has 22 heavy (non-hydrogen) atoms. The van der Waals surface area contributed by atoms with E-state index < -0.39 is 51.9 Å². The van der Waals surface area contributed by atoms with Gasteiger partial charge in [-0.1, -0.05) is 6.07 Å². The maximum absolute atomic E-state index is 13.7. The lowest BCUT2D eigenvalue weighted by Crippen LogP contribution is -2.09. The van der Waals surface area contributed by atoms with Crippen molar-refractivity contribution in [3.8, 4) is 11.1 Å². The van der Waals surface area contributed by atoms with Crippen molar-refractivity contribution >= 4 is 5.97 Å². The average molecular weight is 320 g/mol. The fourth-order valence-electron chi connectivity index (χ4n) is 1.86. The molecule has 0 amide bonds. The summed E-state index contributed by atoms with van der Waals surface area (Å²) in [5.74, 6) is -6.00. The number of hydrogen-bond acceptors (Lipinski definition) is 1. The van der Waals surface area contributed by atoms with Crippen LogP contribution < -0.4 is 0 Å². The summed E-state index contributed by atoms with van der Waals surface area (Å²) in [5.41, 5.74) is -3.27. The molecule has 0 atom stereocenters. The molecule has 0 aromatic heterocycles. The van der Waals surface area contributed by atoms with E-state index in [0.717, 1.165) is 0 Å². The second kappa shape index (κ2) is 5.36. The summed E-state index contributed by atoms with van der Waals surface area (Å²) in [7, 11) is 0. The van der Waals surface area contributed by atoms with Crippen LogP contribution in [-0.2, 0) is 6.18 Å². The lowest BCUT2D eigenvalue weighted by Gasteiger charge is -2.12. The second-order valence-electron chi connectivity index (χ2n) is 4.31. The van der Waals surface area contributed by atoms with Gasteiger partial charge in [0.2, 0.25) is 0 Å². The Morgan fingerprint density at radius 3 is 2.00 bits per heavy atom. The number of rotatable bonds is 2. The van der Waals surface area contributed by atoms with E-state index in [-0.39, 0.29) is 6.07 Å². The van der Waals surface area contributed by atoms with Crippen LogP contribution in [0.3, 0.4) is 0 Å². The minimum atomic E-state index is -4.80. The molecule has 0 aliphatic carbocycles. The molecular formula is C14H6F6O2. The van der Waals surface area contributed by atoms with E-state index in [0.29, 0.717) is 24.3 Å². The van der Waals surface area contributed by atoms with E-state index in [1.807, 2.05) is 0 Å². The first-order chi connectivity index (χ1) is 10.1. The fourth-order valence-corrected chi connectivity index (χ4v) is 1.86. The Kier molecular flexibility index (Phi) is 3.87. The lowest BCUT2D eigenvalue weighted by molar-refractivity contribution is -0.137. The highest BCUT2D eigenvalue weighted by molar-refractivity contribution is 5.96. The van der Waals surface area contributed by atoms with Gasteiger partial charge in [0, 0.05) is 11.6 Å². The SMILES string of the molecule is O=C(O)c1cc(C(F)(F)F)ccc1-c1cc(F)c(F)cc1F. The monoisotopic (exact) mass is 320 g/mol. The number of benzene rings is 2. The van der Waals surface area contributed by atoms with Gasteiger partial charge in [0.1, 0.15) is 5.82 Å². The molecule has 1 N–H and O–H groups in total. The molecule has 0 heterocycles. The van der Waals surface area contributed by atoms with Crippen LogP contribution in [0, 0.1) is 17.5 Å². The number of carbonyl (C=O) groups is 1. The molecule has 2 nitrogen and oxygen atoms in total. The predicted molar refractivity (Wildman–Crippen MR) is 63.7 cm³/mol. The molecule has 0 aliphatic rings. The third kappa shape index (κ3) is 2.90. The van der Waals surface area contributed by atoms with Gasteiger partial charge in [-0.3, -0.25) is 0 Å². The molecule has 2 rings (SSSR count). The number of hydrogen-bond donors (Lipinski definition) is 1. The molecule has 0 unspecified atom stereocenters. The van der Waals surface area contributed by atoms with Gasteiger partial charge in [-0.15, -0.1) is 0 Å². The summed E-state index contributed by atoms with van der Waals surface area (Å²) in [5, 5.41) is 8.97. The number of carboxylic acids is 1. The Balaban J connectivity index is 2.71. The summed E-state index contributed by atoms with van der Waals surface area (Å²) in [6.45, 7) is 0. The van der Waals surface area contributed by atoms with Crippen molar-refractivity contribution in [3.63, 3.8) is 0 Å². The normalized spacial score (nSPS) is 11.5. The first kappa shape index (κ1) is 15.9. The Bertz CT molecular complexity index is 752. The number of halogens is 6. The van der Waals surface area contributed by atoms with Crippen molar-refractivity contribution in [2.45, 2.75) is 6.18 Å². The molecule has 116 valence electrons. The molecule has 0 fully saturated rings. The summed E-state index contributed by atoms with van der Waals surface area (Å²) in [4.78, 5) is 11.1. The van der Waals surface area contributed by atoms with Crippen LogP contribution in [0.4, 0.5) is 26.3 Å². The molecule has 0 saturated carbocycles. The lowest BCUT2D eigenvalue weighted by atomic mass is 9.96. The van der Waals surface area contributed by atoms with Crippen LogP contribution in [0.15, 0.2) is 30.3 Å². The van der Waals surface area contributed by atoms with Crippen LogP contribution in [0.25, 0.3) is 11.1 Å². The highest BCUT2D eigenvalue weighted by Crippen LogP contribution is 2.34. The minimum Gasteiger partial charge on any atom is -0.478 e. The van der Waals surface area contributed by atoms with Crippen molar-refractivity contribution in [1.82, 2.24) is 0 Å². The maximum atomic E-state index is 13.7. The first-order valence-electron chi connectivity index (χ1n) is 5.70. The van der Waals surface area contributed by atoms with E-state index in [1.54, 1.807) is 0 Å². The Labute approximate surface area is 119 Å². The standard InChI is InChI=1S/C14H6F6O2/c15-10-5-12(17)11(16)4-8(10)7-2-1-6(14(18,19)20)3-9(7)13(21)22/h1-5H,(H,21,22). The maximum Gasteiger partial charge on any atom is 0.416 e. The summed E-state index contributed by atoms with van der Waals surface area (Å²) >= 11 is 0. The Hall–Kier alpha value is -2.51. The van der Waals surface area contributed by atoms with Crippen molar-refractivity contribution in [1.29, 1.82) is 0 Å². The van der Waals surface area contributed by atoms with Crippen molar-refractivity contribution in [2.75, 3.05) is 0 Å². The smallest absolute Gasteiger partial charge is 0.416 e. The minimum absolute atomic E-state index is 0.188. The molecule has 0 saturated heterocycles. The number of carboxylic acid groups (broad SMARTS) is 1. The van der Waals surface area contributed by atoms with E-state index >= 15 is 0 Å². The average Bonchev–Trinajstić information content (AvgIpc) is 2.41. The predicted octanol–water partition coefficient (Wildman–Crippen LogP) is 4.49. The summed E-state index contributed by atoms with van der Waals surface area (Å²) in [6, 6.07) is 2.11. The summed E-state index contributed by atoms with van der Waals surface area (Å²) < 4.78 is 77.5. The van der Waals surface area contributed by atoms with E-state index in [1.165, 1.54) is 0 Å². The van der Waals surface area contributed by atoms with Crippen LogP contribution in [0.5, 0.6) is 0 Å². The fraction of sp³-hybridized carbons (Fsp3) is 0.0714. The van der Waals surface area contributed by atoms with Crippen LogP contribution in [0.2, 0.25) is 0 Å². The highest BCUT2D eigenvalue weighted by atomic mass is 19.4. The van der Waals surface area contributed by atoms with Crippen molar-refractivity contribution in [3.05, 3.63) is 58.9 Å².